The van der Waals surface area contributed by atoms with E-state index in [0.717, 1.165) is 68.0 Å². The molecular formula is C30H39N5O3. The van der Waals surface area contributed by atoms with Gasteiger partial charge in [-0.2, -0.15) is 0 Å². The number of aryl methyl sites for hydroxylation is 2. The van der Waals surface area contributed by atoms with Gasteiger partial charge >= 0.3 is 5.97 Å². The smallest absolute Gasteiger partial charge is 0.326 e. The summed E-state index contributed by atoms with van der Waals surface area (Å²) in [4.78, 5) is 23.5. The van der Waals surface area contributed by atoms with Crippen LogP contribution in [0.3, 0.4) is 0 Å². The van der Waals surface area contributed by atoms with Crippen molar-refractivity contribution in [3.8, 4) is 11.1 Å². The van der Waals surface area contributed by atoms with Gasteiger partial charge in [0.05, 0.1) is 6.61 Å². The lowest BCUT2D eigenvalue weighted by atomic mass is 10.1. The Morgan fingerprint density at radius 2 is 1.97 bits per heavy atom. The highest BCUT2D eigenvalue weighted by Gasteiger charge is 2.19. The lowest BCUT2D eigenvalue weighted by Gasteiger charge is -2.24. The van der Waals surface area contributed by atoms with Crippen LogP contribution in [0.25, 0.3) is 11.1 Å². The summed E-state index contributed by atoms with van der Waals surface area (Å²) in [5, 5.41) is 16.4. The molecule has 0 bridgehead atoms. The maximum Gasteiger partial charge on any atom is 0.326 e. The number of pyridine rings is 2. The Labute approximate surface area is 225 Å². The molecule has 38 heavy (non-hydrogen) atoms. The van der Waals surface area contributed by atoms with E-state index in [9.17, 15) is 9.90 Å². The van der Waals surface area contributed by atoms with E-state index in [1.165, 1.54) is 12.0 Å². The molecule has 3 aromatic rings. The zero-order chi connectivity index (χ0) is 26.6. The van der Waals surface area contributed by atoms with Gasteiger partial charge in [-0.15, -0.1) is 0 Å². The third-order valence-corrected chi connectivity index (χ3v) is 6.94. The number of ether oxygens (including phenoxy) is 1. The van der Waals surface area contributed by atoms with E-state index >= 15 is 0 Å². The Hall–Kier alpha value is -3.49. The van der Waals surface area contributed by atoms with E-state index in [0.29, 0.717) is 25.4 Å². The lowest BCUT2D eigenvalue weighted by molar-refractivity contribution is -0.138. The number of carboxylic acid groups (broad SMARTS) is 1. The fourth-order valence-electron chi connectivity index (χ4n) is 4.77. The Kier molecular flexibility index (Phi) is 10.5. The number of aromatic nitrogens is 2. The molecule has 1 aliphatic heterocycles. The van der Waals surface area contributed by atoms with Crippen LogP contribution >= 0.6 is 0 Å². The minimum absolute atomic E-state index is 0.467. The number of hydrogen-bond donors (Lipinski definition) is 3. The van der Waals surface area contributed by atoms with Crippen molar-refractivity contribution < 1.29 is 14.6 Å². The van der Waals surface area contributed by atoms with Gasteiger partial charge in [-0.3, -0.25) is 0 Å². The van der Waals surface area contributed by atoms with Crippen LogP contribution in [0.2, 0.25) is 0 Å². The topological polar surface area (TPSA) is 99.6 Å². The first kappa shape index (κ1) is 27.5. The standard InChI is InChI=1S/C30H39N5O3/c1-38-21-20-35(18-6-5-11-26-13-12-24-10-7-16-32-29(24)33-26)19-15-27(30(36)37)34-28-22-25(14-17-31-28)23-8-3-2-4-9-23/h2-4,8-9,12-14,17,22,27H,5-7,10-11,15-16,18-21H2,1H3,(H,31,34)(H,32,33)(H,36,37)/t27-/m0/s1. The quantitative estimate of drug-likeness (QED) is 0.249. The summed E-state index contributed by atoms with van der Waals surface area (Å²) in [6.45, 7) is 3.93. The van der Waals surface area contributed by atoms with Gasteiger partial charge in [-0.1, -0.05) is 36.4 Å². The van der Waals surface area contributed by atoms with Crippen molar-refractivity contribution in [3.05, 3.63) is 72.1 Å². The van der Waals surface area contributed by atoms with Crippen LogP contribution in [0, 0.1) is 0 Å². The van der Waals surface area contributed by atoms with E-state index in [-0.39, 0.29) is 0 Å². The average Bonchev–Trinajstić information content (AvgIpc) is 2.96. The van der Waals surface area contributed by atoms with Gasteiger partial charge in [0.2, 0.25) is 0 Å². The Morgan fingerprint density at radius 1 is 1.11 bits per heavy atom. The van der Waals surface area contributed by atoms with Crippen molar-refractivity contribution in [1.82, 2.24) is 14.9 Å². The van der Waals surface area contributed by atoms with E-state index in [4.69, 9.17) is 9.72 Å². The third-order valence-electron chi connectivity index (χ3n) is 6.94. The van der Waals surface area contributed by atoms with Gasteiger partial charge in [-0.05, 0) is 80.0 Å². The summed E-state index contributed by atoms with van der Waals surface area (Å²) < 4.78 is 5.31. The number of nitrogens with zero attached hydrogens (tertiary/aromatic N) is 3. The second-order valence-corrected chi connectivity index (χ2v) is 9.75. The minimum atomic E-state index is -0.879. The van der Waals surface area contributed by atoms with E-state index < -0.39 is 12.0 Å². The molecule has 3 heterocycles. The molecule has 8 heteroatoms. The largest absolute Gasteiger partial charge is 0.480 e. The maximum absolute atomic E-state index is 12.1. The molecule has 0 fully saturated rings. The molecule has 0 saturated carbocycles. The van der Waals surface area contributed by atoms with Crippen molar-refractivity contribution in [2.75, 3.05) is 50.5 Å². The number of hydrogen-bond acceptors (Lipinski definition) is 7. The summed E-state index contributed by atoms with van der Waals surface area (Å²) in [5.74, 6) is 0.733. The normalized spacial score (nSPS) is 13.5. The minimum Gasteiger partial charge on any atom is -0.480 e. The number of rotatable bonds is 15. The average molecular weight is 518 g/mol. The number of carboxylic acids is 1. The van der Waals surface area contributed by atoms with Crippen molar-refractivity contribution in [3.63, 3.8) is 0 Å². The molecule has 0 radical (unpaired) electrons. The third kappa shape index (κ3) is 8.26. The molecule has 2 aromatic heterocycles. The molecule has 0 aliphatic carbocycles. The molecule has 4 rings (SSSR count). The lowest BCUT2D eigenvalue weighted by Crippen LogP contribution is -2.36. The second kappa shape index (κ2) is 14.4. The van der Waals surface area contributed by atoms with Gasteiger partial charge in [0.15, 0.2) is 0 Å². The van der Waals surface area contributed by atoms with Crippen LogP contribution in [0.15, 0.2) is 60.8 Å². The summed E-state index contributed by atoms with van der Waals surface area (Å²) in [6, 6.07) is 17.5. The number of aliphatic carboxylic acids is 1. The van der Waals surface area contributed by atoms with Gasteiger partial charge in [0.1, 0.15) is 17.7 Å². The van der Waals surface area contributed by atoms with E-state index in [2.05, 4.69) is 32.7 Å². The molecule has 0 unspecified atom stereocenters. The van der Waals surface area contributed by atoms with Crippen LogP contribution < -0.4 is 10.6 Å². The molecule has 1 atom stereocenters. The van der Waals surface area contributed by atoms with Gasteiger partial charge in [0.25, 0.3) is 0 Å². The summed E-state index contributed by atoms with van der Waals surface area (Å²) in [6.07, 6.45) is 7.44. The summed E-state index contributed by atoms with van der Waals surface area (Å²) in [7, 11) is 1.70. The number of fused-ring (bicyclic) bond motifs is 1. The van der Waals surface area contributed by atoms with Crippen LogP contribution in [0.5, 0.6) is 0 Å². The fraction of sp³-hybridized carbons (Fsp3) is 0.433. The number of unbranched alkanes of at least 4 members (excludes halogenated alkanes) is 1. The van der Waals surface area contributed by atoms with Gasteiger partial charge in [-0.25, -0.2) is 14.8 Å². The van der Waals surface area contributed by atoms with Crippen LogP contribution in [-0.4, -0.2) is 71.9 Å². The number of nitrogens with one attached hydrogen (secondary N) is 2. The Bertz CT molecular complexity index is 1160. The van der Waals surface area contributed by atoms with Crippen molar-refractivity contribution in [2.45, 2.75) is 44.6 Å². The first-order valence-electron chi connectivity index (χ1n) is 13.6. The molecule has 1 aliphatic rings. The van der Waals surface area contributed by atoms with Crippen LogP contribution in [0.4, 0.5) is 11.6 Å². The number of methoxy groups -OCH3 is 1. The maximum atomic E-state index is 12.1. The first-order chi connectivity index (χ1) is 18.6. The van der Waals surface area contributed by atoms with E-state index in [1.807, 2.05) is 42.5 Å². The molecule has 8 nitrogen and oxygen atoms in total. The number of benzene rings is 1. The zero-order valence-electron chi connectivity index (χ0n) is 22.2. The highest BCUT2D eigenvalue weighted by Crippen LogP contribution is 2.22. The van der Waals surface area contributed by atoms with Crippen molar-refractivity contribution in [2.24, 2.45) is 0 Å². The second-order valence-electron chi connectivity index (χ2n) is 9.75. The molecule has 1 aromatic carbocycles. The first-order valence-corrected chi connectivity index (χ1v) is 13.6. The molecule has 0 spiro atoms. The van der Waals surface area contributed by atoms with Crippen molar-refractivity contribution >= 4 is 17.6 Å². The predicted molar refractivity (Wildman–Crippen MR) is 152 cm³/mol. The molecule has 3 N–H and O–H groups in total. The molecule has 0 saturated heterocycles. The van der Waals surface area contributed by atoms with E-state index in [1.54, 1.807) is 13.3 Å². The van der Waals surface area contributed by atoms with Crippen LogP contribution in [-0.2, 0) is 22.4 Å². The summed E-state index contributed by atoms with van der Waals surface area (Å²) in [5.41, 5.74) is 4.51. The molecule has 202 valence electrons. The SMILES string of the molecule is COCCN(CCCCc1ccc2c(n1)NCCC2)CC[C@H](Nc1cc(-c2ccccc2)ccn1)C(=O)O. The Morgan fingerprint density at radius 3 is 2.79 bits per heavy atom. The fourth-order valence-corrected chi connectivity index (χ4v) is 4.77. The highest BCUT2D eigenvalue weighted by atomic mass is 16.5. The van der Waals surface area contributed by atoms with Gasteiger partial charge < -0.3 is 25.4 Å². The monoisotopic (exact) mass is 517 g/mol. The van der Waals surface area contributed by atoms with Crippen LogP contribution in [0.1, 0.15) is 36.9 Å². The number of carbonyl (C=O) groups is 1. The number of anilines is 2. The summed E-state index contributed by atoms with van der Waals surface area (Å²) >= 11 is 0. The molecular weight excluding hydrogens is 478 g/mol. The Balaban J connectivity index is 1.28. The predicted octanol–water partition coefficient (Wildman–Crippen LogP) is 4.73. The van der Waals surface area contributed by atoms with Gasteiger partial charge in [0, 0.05) is 38.6 Å². The zero-order valence-corrected chi connectivity index (χ0v) is 22.2. The highest BCUT2D eigenvalue weighted by molar-refractivity contribution is 5.77. The molecule has 0 amide bonds. The van der Waals surface area contributed by atoms with Crippen molar-refractivity contribution in [1.29, 1.82) is 0 Å².